The number of methoxy groups -OCH3 is 1. The molecule has 4 rings (SSSR count). The Bertz CT molecular complexity index is 1070. The number of nitrogens with one attached hydrogen (secondary N) is 1. The number of hydrogen-bond donors (Lipinski definition) is 1. The molecule has 1 N–H and O–H groups in total. The predicted molar refractivity (Wildman–Crippen MR) is 112 cm³/mol. The molecule has 0 saturated heterocycles. The van der Waals surface area contributed by atoms with Crippen molar-refractivity contribution in [2.45, 2.75) is 31.6 Å². The van der Waals surface area contributed by atoms with E-state index >= 15 is 0 Å². The average molecular weight is 426 g/mol. The van der Waals surface area contributed by atoms with Crippen molar-refractivity contribution in [1.29, 1.82) is 0 Å². The van der Waals surface area contributed by atoms with Crippen LogP contribution in [-0.2, 0) is 14.3 Å². The first kappa shape index (κ1) is 20.4. The molecule has 0 aromatic heterocycles. The van der Waals surface area contributed by atoms with Crippen LogP contribution in [0, 0.1) is 5.82 Å². The number of hydrogen-bond acceptors (Lipinski definition) is 4. The van der Waals surface area contributed by atoms with E-state index in [4.69, 9.17) is 16.3 Å². The molecule has 1 aliphatic heterocycles. The Balaban J connectivity index is 1.79. The minimum absolute atomic E-state index is 0.0161. The van der Waals surface area contributed by atoms with Crippen molar-refractivity contribution in [3.05, 3.63) is 93.0 Å². The van der Waals surface area contributed by atoms with Gasteiger partial charge in [-0.1, -0.05) is 35.9 Å². The largest absolute Gasteiger partial charge is 0.466 e. The number of halogens is 2. The van der Waals surface area contributed by atoms with Crippen LogP contribution in [0.25, 0.3) is 0 Å². The van der Waals surface area contributed by atoms with Gasteiger partial charge in [0.15, 0.2) is 5.78 Å². The van der Waals surface area contributed by atoms with Crippen LogP contribution in [0.2, 0.25) is 5.02 Å². The van der Waals surface area contributed by atoms with Crippen molar-refractivity contribution in [3.8, 4) is 0 Å². The smallest absolute Gasteiger partial charge is 0.336 e. The Labute approximate surface area is 179 Å². The summed E-state index contributed by atoms with van der Waals surface area (Å²) in [7, 11) is 1.31. The number of carbonyl (C=O) groups is 2. The van der Waals surface area contributed by atoms with Gasteiger partial charge in [-0.25, -0.2) is 9.18 Å². The van der Waals surface area contributed by atoms with E-state index in [9.17, 15) is 14.0 Å². The summed E-state index contributed by atoms with van der Waals surface area (Å²) < 4.78 is 18.5. The Morgan fingerprint density at radius 2 is 1.70 bits per heavy atom. The Kier molecular flexibility index (Phi) is 5.48. The number of carbonyl (C=O) groups excluding carboxylic acids is 2. The van der Waals surface area contributed by atoms with E-state index < -0.39 is 11.9 Å². The quantitative estimate of drug-likeness (QED) is 0.702. The lowest BCUT2D eigenvalue weighted by Gasteiger charge is -2.36. The summed E-state index contributed by atoms with van der Waals surface area (Å²) in [6.07, 6.45) is 0.958. The van der Waals surface area contributed by atoms with Crippen LogP contribution >= 0.6 is 11.6 Å². The number of Topliss-reactive ketones (excluding diaryl/α,β-unsaturated/α-hetero) is 1. The molecule has 2 aromatic rings. The van der Waals surface area contributed by atoms with E-state index in [-0.39, 0.29) is 17.5 Å². The molecule has 2 aromatic carbocycles. The maximum absolute atomic E-state index is 13.5. The zero-order valence-electron chi connectivity index (χ0n) is 16.7. The van der Waals surface area contributed by atoms with Crippen molar-refractivity contribution in [3.63, 3.8) is 0 Å². The molecule has 0 spiro atoms. The maximum atomic E-state index is 13.5. The maximum Gasteiger partial charge on any atom is 0.336 e. The summed E-state index contributed by atoms with van der Waals surface area (Å²) in [5, 5.41) is 3.92. The third-order valence-corrected chi connectivity index (χ3v) is 6.03. The fourth-order valence-corrected chi connectivity index (χ4v) is 4.50. The van der Waals surface area contributed by atoms with E-state index in [0.717, 1.165) is 11.3 Å². The summed E-state index contributed by atoms with van der Waals surface area (Å²) in [5.74, 6) is -1.49. The minimum Gasteiger partial charge on any atom is -0.466 e. The number of benzene rings is 2. The summed E-state index contributed by atoms with van der Waals surface area (Å²) in [4.78, 5) is 25.9. The van der Waals surface area contributed by atoms with Gasteiger partial charge in [0, 0.05) is 34.3 Å². The van der Waals surface area contributed by atoms with Crippen LogP contribution in [0.3, 0.4) is 0 Å². The Hall–Kier alpha value is -2.92. The topological polar surface area (TPSA) is 55.4 Å². The second kappa shape index (κ2) is 8.07. The minimum atomic E-state index is -0.590. The van der Waals surface area contributed by atoms with Crippen molar-refractivity contribution in [2.24, 2.45) is 0 Å². The molecular formula is C24H21ClFNO3. The summed E-state index contributed by atoms with van der Waals surface area (Å²) in [6.45, 7) is 1.79. The third kappa shape index (κ3) is 3.65. The highest BCUT2D eigenvalue weighted by Crippen LogP contribution is 2.45. The van der Waals surface area contributed by atoms with Gasteiger partial charge in [-0.05, 0) is 54.7 Å². The van der Waals surface area contributed by atoms with Gasteiger partial charge in [-0.2, -0.15) is 0 Å². The lowest BCUT2D eigenvalue weighted by Crippen LogP contribution is -2.36. The molecule has 0 radical (unpaired) electrons. The second-order valence-corrected chi connectivity index (χ2v) is 8.05. The van der Waals surface area contributed by atoms with Crippen LogP contribution in [0.15, 0.2) is 71.1 Å². The van der Waals surface area contributed by atoms with E-state index in [0.29, 0.717) is 40.3 Å². The number of rotatable bonds is 3. The Morgan fingerprint density at radius 1 is 1.07 bits per heavy atom. The van der Waals surface area contributed by atoms with E-state index in [1.807, 2.05) is 24.3 Å². The van der Waals surface area contributed by atoms with E-state index in [2.05, 4.69) is 5.32 Å². The van der Waals surface area contributed by atoms with Crippen LogP contribution in [0.1, 0.15) is 42.7 Å². The SMILES string of the molecule is COC(=O)C1=C(C)NC2=C(C(=O)C[C@H](c3ccc(Cl)cc3)C2)[C@H]1c1ccc(F)cc1. The molecule has 0 unspecified atom stereocenters. The first-order chi connectivity index (χ1) is 14.4. The van der Waals surface area contributed by atoms with Gasteiger partial charge in [0.25, 0.3) is 0 Å². The number of allylic oxidation sites excluding steroid dienone is 3. The fourth-order valence-electron chi connectivity index (χ4n) is 4.38. The highest BCUT2D eigenvalue weighted by atomic mass is 35.5. The van der Waals surface area contributed by atoms with Gasteiger partial charge < -0.3 is 10.1 Å². The highest BCUT2D eigenvalue weighted by Gasteiger charge is 2.41. The first-order valence-electron chi connectivity index (χ1n) is 9.72. The second-order valence-electron chi connectivity index (χ2n) is 7.61. The van der Waals surface area contributed by atoms with Gasteiger partial charge in [0.1, 0.15) is 5.82 Å². The molecule has 0 saturated carbocycles. The number of esters is 1. The molecular weight excluding hydrogens is 405 g/mol. The molecule has 2 aliphatic rings. The fraction of sp³-hybridized carbons (Fsp3) is 0.250. The van der Waals surface area contributed by atoms with E-state index in [1.165, 1.54) is 19.2 Å². The van der Waals surface area contributed by atoms with Crippen LogP contribution in [-0.4, -0.2) is 18.9 Å². The van der Waals surface area contributed by atoms with Crippen molar-refractivity contribution >= 4 is 23.4 Å². The van der Waals surface area contributed by atoms with Crippen molar-refractivity contribution < 1.29 is 18.7 Å². The molecule has 2 atom stereocenters. The molecule has 30 heavy (non-hydrogen) atoms. The molecule has 0 bridgehead atoms. The van der Waals surface area contributed by atoms with Crippen LogP contribution < -0.4 is 5.32 Å². The molecule has 0 fully saturated rings. The predicted octanol–water partition coefficient (Wildman–Crippen LogP) is 5.01. The molecule has 6 heteroatoms. The standard InChI is InChI=1S/C24H21ClFNO3/c1-13-21(24(29)30-2)22(15-5-9-18(26)10-6-15)23-19(27-13)11-16(12-20(23)28)14-3-7-17(25)8-4-14/h3-10,16,22,27H,11-12H2,1-2H3/t16-,22+/m1/s1. The summed E-state index contributed by atoms with van der Waals surface area (Å²) in [6, 6.07) is 13.4. The number of ether oxygens (including phenoxy) is 1. The lowest BCUT2D eigenvalue weighted by molar-refractivity contribution is -0.136. The third-order valence-electron chi connectivity index (χ3n) is 5.78. The molecule has 1 heterocycles. The van der Waals surface area contributed by atoms with Gasteiger partial charge in [0.2, 0.25) is 0 Å². The lowest BCUT2D eigenvalue weighted by atomic mass is 9.72. The Morgan fingerprint density at radius 3 is 2.33 bits per heavy atom. The van der Waals surface area contributed by atoms with Gasteiger partial charge >= 0.3 is 5.97 Å². The highest BCUT2D eigenvalue weighted by molar-refractivity contribution is 6.30. The average Bonchev–Trinajstić information content (AvgIpc) is 2.73. The molecule has 4 nitrogen and oxygen atoms in total. The van der Waals surface area contributed by atoms with Crippen molar-refractivity contribution in [2.75, 3.05) is 7.11 Å². The number of dihydropyridines is 1. The van der Waals surface area contributed by atoms with E-state index in [1.54, 1.807) is 19.1 Å². The van der Waals surface area contributed by atoms with Gasteiger partial charge in [0.05, 0.1) is 12.7 Å². The monoisotopic (exact) mass is 425 g/mol. The zero-order chi connectivity index (χ0) is 21.4. The molecule has 0 amide bonds. The van der Waals surface area contributed by atoms with Gasteiger partial charge in [-0.15, -0.1) is 0 Å². The van der Waals surface area contributed by atoms with Crippen molar-refractivity contribution in [1.82, 2.24) is 5.32 Å². The van der Waals surface area contributed by atoms with Crippen LogP contribution in [0.5, 0.6) is 0 Å². The van der Waals surface area contributed by atoms with Gasteiger partial charge in [-0.3, -0.25) is 4.79 Å². The molecule has 1 aliphatic carbocycles. The molecule has 154 valence electrons. The van der Waals surface area contributed by atoms with Crippen LogP contribution in [0.4, 0.5) is 4.39 Å². The normalized spacial score (nSPS) is 21.3. The number of ketones is 1. The zero-order valence-corrected chi connectivity index (χ0v) is 17.4. The summed E-state index contributed by atoms with van der Waals surface area (Å²) in [5.41, 5.74) is 4.09. The first-order valence-corrected chi connectivity index (χ1v) is 10.1. The summed E-state index contributed by atoms with van der Waals surface area (Å²) >= 11 is 6.00.